The van der Waals surface area contributed by atoms with Gasteiger partial charge in [-0.05, 0) is 24.1 Å². The second-order valence-corrected chi connectivity index (χ2v) is 4.37. The standard InChI is InChI=1S/C13H14N2O4/c1-2-9(13(18)19)15-12(17)8-4-3-7-6-11(16)14-10(7)5-8/h3-5,9H,2,6H2,1H3,(H,14,16)(H,15,17)(H,18,19). The summed E-state index contributed by atoms with van der Waals surface area (Å²) in [5.41, 5.74) is 1.79. The van der Waals surface area contributed by atoms with E-state index >= 15 is 0 Å². The summed E-state index contributed by atoms with van der Waals surface area (Å²) in [6.45, 7) is 1.68. The van der Waals surface area contributed by atoms with Gasteiger partial charge in [0.1, 0.15) is 6.04 Å². The number of carbonyl (C=O) groups excluding carboxylic acids is 2. The molecule has 0 aromatic heterocycles. The molecule has 1 aliphatic heterocycles. The van der Waals surface area contributed by atoms with Gasteiger partial charge >= 0.3 is 5.97 Å². The molecule has 1 unspecified atom stereocenters. The maximum Gasteiger partial charge on any atom is 0.326 e. The molecule has 0 radical (unpaired) electrons. The summed E-state index contributed by atoms with van der Waals surface area (Å²) < 4.78 is 0. The number of hydrogen-bond acceptors (Lipinski definition) is 3. The van der Waals surface area contributed by atoms with Gasteiger partial charge in [0.2, 0.25) is 5.91 Å². The number of hydrogen-bond donors (Lipinski definition) is 3. The average molecular weight is 262 g/mol. The normalized spacial score (nSPS) is 14.5. The fraction of sp³-hybridized carbons (Fsp3) is 0.308. The Morgan fingerprint density at radius 1 is 1.47 bits per heavy atom. The Balaban J connectivity index is 2.15. The van der Waals surface area contributed by atoms with E-state index in [9.17, 15) is 14.4 Å². The zero-order valence-corrected chi connectivity index (χ0v) is 10.4. The van der Waals surface area contributed by atoms with Gasteiger partial charge < -0.3 is 15.7 Å². The highest BCUT2D eigenvalue weighted by Gasteiger charge is 2.21. The third-order valence-electron chi connectivity index (χ3n) is 3.01. The van der Waals surface area contributed by atoms with Gasteiger partial charge in [-0.3, -0.25) is 9.59 Å². The minimum absolute atomic E-state index is 0.107. The van der Waals surface area contributed by atoms with Gasteiger partial charge in [-0.15, -0.1) is 0 Å². The smallest absolute Gasteiger partial charge is 0.326 e. The molecular weight excluding hydrogens is 248 g/mol. The summed E-state index contributed by atoms with van der Waals surface area (Å²) in [6, 6.07) is 3.94. The number of aliphatic carboxylic acids is 1. The number of anilines is 1. The molecule has 100 valence electrons. The van der Waals surface area contributed by atoms with Crippen LogP contribution in [-0.2, 0) is 16.0 Å². The van der Waals surface area contributed by atoms with Crippen LogP contribution >= 0.6 is 0 Å². The summed E-state index contributed by atoms with van der Waals surface area (Å²) in [5.74, 6) is -1.63. The zero-order valence-electron chi connectivity index (χ0n) is 10.4. The van der Waals surface area contributed by atoms with Crippen molar-refractivity contribution in [2.24, 2.45) is 0 Å². The largest absolute Gasteiger partial charge is 0.480 e. The minimum Gasteiger partial charge on any atom is -0.480 e. The van der Waals surface area contributed by atoms with E-state index in [0.29, 0.717) is 24.1 Å². The number of carbonyl (C=O) groups is 3. The van der Waals surface area contributed by atoms with Gasteiger partial charge in [0.25, 0.3) is 5.91 Å². The van der Waals surface area contributed by atoms with Crippen LogP contribution in [-0.4, -0.2) is 28.9 Å². The van der Waals surface area contributed by atoms with Crippen LogP contribution in [0.3, 0.4) is 0 Å². The van der Waals surface area contributed by atoms with E-state index in [1.165, 1.54) is 0 Å². The lowest BCUT2D eigenvalue weighted by Crippen LogP contribution is -2.40. The number of rotatable bonds is 4. The Labute approximate surface area is 109 Å². The predicted octanol–water partition coefficient (Wildman–Crippen LogP) is 0.774. The third-order valence-corrected chi connectivity index (χ3v) is 3.01. The van der Waals surface area contributed by atoms with Crippen molar-refractivity contribution >= 4 is 23.5 Å². The lowest BCUT2D eigenvalue weighted by Gasteiger charge is -2.12. The number of benzene rings is 1. The summed E-state index contributed by atoms with van der Waals surface area (Å²) in [7, 11) is 0. The van der Waals surface area contributed by atoms with E-state index in [1.807, 2.05) is 0 Å². The van der Waals surface area contributed by atoms with E-state index in [0.717, 1.165) is 5.56 Å². The molecule has 6 heteroatoms. The average Bonchev–Trinajstić information content (AvgIpc) is 2.74. The first-order valence-electron chi connectivity index (χ1n) is 5.97. The first kappa shape index (κ1) is 13.1. The summed E-state index contributed by atoms with van der Waals surface area (Å²) in [5, 5.41) is 14.0. The van der Waals surface area contributed by atoms with E-state index in [4.69, 9.17) is 5.11 Å². The van der Waals surface area contributed by atoms with Crippen molar-refractivity contribution in [2.45, 2.75) is 25.8 Å². The molecule has 2 amide bonds. The predicted molar refractivity (Wildman–Crippen MR) is 68.0 cm³/mol. The Bertz CT molecular complexity index is 554. The number of fused-ring (bicyclic) bond motifs is 1. The molecule has 1 aliphatic rings. The van der Waals surface area contributed by atoms with Gasteiger partial charge in [0.05, 0.1) is 6.42 Å². The van der Waals surface area contributed by atoms with Crippen molar-refractivity contribution in [3.63, 3.8) is 0 Å². The van der Waals surface area contributed by atoms with Crippen LogP contribution in [0, 0.1) is 0 Å². The molecule has 0 fully saturated rings. The van der Waals surface area contributed by atoms with Gasteiger partial charge in [-0.25, -0.2) is 4.79 Å². The van der Waals surface area contributed by atoms with E-state index in [2.05, 4.69) is 10.6 Å². The molecule has 6 nitrogen and oxygen atoms in total. The lowest BCUT2D eigenvalue weighted by molar-refractivity contribution is -0.139. The fourth-order valence-corrected chi connectivity index (χ4v) is 1.94. The van der Waals surface area contributed by atoms with Crippen LogP contribution in [0.4, 0.5) is 5.69 Å². The summed E-state index contributed by atoms with van der Waals surface area (Å²) in [4.78, 5) is 34.0. The second kappa shape index (κ2) is 5.09. The lowest BCUT2D eigenvalue weighted by atomic mass is 10.1. The van der Waals surface area contributed by atoms with E-state index in [1.54, 1.807) is 25.1 Å². The van der Waals surface area contributed by atoms with Crippen LogP contribution in [0.5, 0.6) is 0 Å². The van der Waals surface area contributed by atoms with Gasteiger partial charge in [0, 0.05) is 11.3 Å². The monoisotopic (exact) mass is 262 g/mol. The number of amides is 2. The van der Waals surface area contributed by atoms with Crippen LogP contribution in [0.2, 0.25) is 0 Å². The SMILES string of the molecule is CCC(NC(=O)c1ccc2c(c1)NC(=O)C2)C(=O)O. The van der Waals surface area contributed by atoms with Gasteiger partial charge in [-0.2, -0.15) is 0 Å². The first-order chi connectivity index (χ1) is 9.01. The van der Waals surface area contributed by atoms with Crippen LogP contribution in [0.15, 0.2) is 18.2 Å². The Morgan fingerprint density at radius 3 is 2.84 bits per heavy atom. The first-order valence-corrected chi connectivity index (χ1v) is 5.97. The Morgan fingerprint density at radius 2 is 2.21 bits per heavy atom. The molecule has 19 heavy (non-hydrogen) atoms. The highest BCUT2D eigenvalue weighted by molar-refractivity contribution is 6.02. The van der Waals surface area contributed by atoms with Crippen LogP contribution in [0.25, 0.3) is 0 Å². The third kappa shape index (κ3) is 2.73. The summed E-state index contributed by atoms with van der Waals surface area (Å²) >= 11 is 0. The van der Waals surface area contributed by atoms with E-state index in [-0.39, 0.29) is 5.91 Å². The van der Waals surface area contributed by atoms with Crippen molar-refractivity contribution in [2.75, 3.05) is 5.32 Å². The van der Waals surface area contributed by atoms with Crippen LogP contribution in [0.1, 0.15) is 29.3 Å². The van der Waals surface area contributed by atoms with Crippen molar-refractivity contribution in [1.82, 2.24) is 5.32 Å². The number of nitrogens with one attached hydrogen (secondary N) is 2. The highest BCUT2D eigenvalue weighted by atomic mass is 16.4. The molecule has 1 heterocycles. The molecule has 0 aliphatic carbocycles. The molecule has 1 aromatic carbocycles. The molecule has 0 bridgehead atoms. The molecule has 0 saturated heterocycles. The second-order valence-electron chi connectivity index (χ2n) is 4.37. The molecule has 0 saturated carbocycles. The van der Waals surface area contributed by atoms with E-state index < -0.39 is 17.9 Å². The minimum atomic E-state index is -1.06. The van der Waals surface area contributed by atoms with Crippen molar-refractivity contribution in [3.8, 4) is 0 Å². The molecule has 0 spiro atoms. The number of carboxylic acid groups (broad SMARTS) is 1. The maximum atomic E-state index is 11.9. The molecule has 1 atom stereocenters. The quantitative estimate of drug-likeness (QED) is 0.747. The van der Waals surface area contributed by atoms with Crippen molar-refractivity contribution < 1.29 is 19.5 Å². The molecular formula is C13H14N2O4. The topological polar surface area (TPSA) is 95.5 Å². The Kier molecular flexibility index (Phi) is 3.50. The maximum absolute atomic E-state index is 11.9. The van der Waals surface area contributed by atoms with Crippen LogP contribution < -0.4 is 10.6 Å². The van der Waals surface area contributed by atoms with Gasteiger partial charge in [0.15, 0.2) is 0 Å². The zero-order chi connectivity index (χ0) is 14.0. The van der Waals surface area contributed by atoms with Crippen molar-refractivity contribution in [1.29, 1.82) is 0 Å². The van der Waals surface area contributed by atoms with Crippen molar-refractivity contribution in [3.05, 3.63) is 29.3 Å². The molecule has 1 aromatic rings. The van der Waals surface area contributed by atoms with Gasteiger partial charge in [-0.1, -0.05) is 13.0 Å². The molecule has 3 N–H and O–H groups in total. The molecule has 2 rings (SSSR count). The fourth-order valence-electron chi connectivity index (χ4n) is 1.94. The highest BCUT2D eigenvalue weighted by Crippen LogP contribution is 2.23. The Hall–Kier alpha value is -2.37. The summed E-state index contributed by atoms with van der Waals surface area (Å²) in [6.07, 6.45) is 0.618. The number of carboxylic acids is 1.